The number of hydrogen-bond acceptors (Lipinski definition) is 4. The van der Waals surface area contributed by atoms with E-state index in [9.17, 15) is 4.79 Å². The van der Waals surface area contributed by atoms with Gasteiger partial charge in [-0.25, -0.2) is 4.68 Å². The van der Waals surface area contributed by atoms with Crippen LogP contribution in [0.3, 0.4) is 0 Å². The molecule has 0 bridgehead atoms. The Morgan fingerprint density at radius 1 is 1.52 bits per heavy atom. The number of ether oxygens (including phenoxy) is 1. The molecule has 0 aliphatic rings. The summed E-state index contributed by atoms with van der Waals surface area (Å²) in [6.45, 7) is 4.70. The highest BCUT2D eigenvalue weighted by atomic mass is 35.5. The molecule has 25 heavy (non-hydrogen) atoms. The highest BCUT2D eigenvalue weighted by Gasteiger charge is 2.15. The molecule has 0 aliphatic carbocycles. The minimum absolute atomic E-state index is 0.00438. The van der Waals surface area contributed by atoms with Gasteiger partial charge in [0.2, 0.25) is 4.77 Å². The Morgan fingerprint density at radius 2 is 2.24 bits per heavy atom. The first-order valence-corrected chi connectivity index (χ1v) is 8.70. The molecular weight excluding hydrogens is 362 g/mol. The molecule has 1 atom stereocenters. The number of H-pyrrole nitrogens is 1. The van der Waals surface area contributed by atoms with Gasteiger partial charge in [-0.15, -0.1) is 0 Å². The number of hydrogen-bond donors (Lipinski definition) is 3. The zero-order chi connectivity index (χ0) is 18.6. The summed E-state index contributed by atoms with van der Waals surface area (Å²) in [6.07, 6.45) is 0. The quantitative estimate of drug-likeness (QED) is 0.628. The number of carbonyl (C=O) groups is 1. The van der Waals surface area contributed by atoms with Crippen molar-refractivity contribution in [3.8, 4) is 17.1 Å². The second kappa shape index (κ2) is 8.46. The molecule has 0 radical (unpaired) electrons. The zero-order valence-electron chi connectivity index (χ0n) is 14.7. The number of halogens is 1. The molecule has 1 heterocycles. The van der Waals surface area contributed by atoms with E-state index in [-0.39, 0.29) is 11.9 Å². The van der Waals surface area contributed by atoms with E-state index in [0.29, 0.717) is 34.6 Å². The van der Waals surface area contributed by atoms with E-state index in [1.165, 1.54) is 0 Å². The van der Waals surface area contributed by atoms with Gasteiger partial charge < -0.3 is 15.0 Å². The van der Waals surface area contributed by atoms with Gasteiger partial charge in [-0.3, -0.25) is 9.89 Å². The number of methoxy groups -OCH3 is 1. The van der Waals surface area contributed by atoms with E-state index in [0.717, 1.165) is 10.5 Å². The molecule has 0 saturated heterocycles. The number of nitrogens with zero attached hydrogens (tertiary/aromatic N) is 2. The molecule has 0 saturated carbocycles. The summed E-state index contributed by atoms with van der Waals surface area (Å²) in [5, 5.41) is 6.61. The lowest BCUT2D eigenvalue weighted by Gasteiger charge is -2.15. The molecule has 0 fully saturated rings. The van der Waals surface area contributed by atoms with Crippen molar-refractivity contribution in [1.82, 2.24) is 20.1 Å². The van der Waals surface area contributed by atoms with Crippen LogP contribution in [0.4, 0.5) is 0 Å². The first-order chi connectivity index (χ1) is 11.8. The summed E-state index contributed by atoms with van der Waals surface area (Å²) in [6, 6.07) is 5.42. The van der Waals surface area contributed by atoms with Crippen LogP contribution in [0.2, 0.25) is 5.02 Å². The lowest BCUT2D eigenvalue weighted by molar-refractivity contribution is -0.895. The third-order valence-electron chi connectivity index (χ3n) is 3.44. The number of likely N-dealkylation sites (N-methyl/N-ethyl adjacent to an activating group) is 1. The maximum absolute atomic E-state index is 11.9. The first-order valence-electron chi connectivity index (χ1n) is 7.91. The van der Waals surface area contributed by atoms with Crippen LogP contribution in [-0.4, -0.2) is 47.4 Å². The number of quaternary nitrogens is 1. The van der Waals surface area contributed by atoms with Gasteiger partial charge in [0.05, 0.1) is 19.7 Å². The molecule has 136 valence electrons. The Hall–Kier alpha value is -1.90. The fraction of sp³-hybridized carbons (Fsp3) is 0.438. The van der Waals surface area contributed by atoms with Gasteiger partial charge in [0.25, 0.3) is 5.91 Å². The highest BCUT2D eigenvalue weighted by Crippen LogP contribution is 2.30. The van der Waals surface area contributed by atoms with Gasteiger partial charge in [-0.1, -0.05) is 11.6 Å². The van der Waals surface area contributed by atoms with Crippen LogP contribution in [-0.2, 0) is 11.5 Å². The number of aromatic nitrogens is 3. The summed E-state index contributed by atoms with van der Waals surface area (Å²) >= 11 is 11.4. The summed E-state index contributed by atoms with van der Waals surface area (Å²) in [7, 11) is 3.51. The van der Waals surface area contributed by atoms with Crippen molar-refractivity contribution >= 4 is 29.7 Å². The van der Waals surface area contributed by atoms with Crippen molar-refractivity contribution < 1.29 is 14.4 Å². The van der Waals surface area contributed by atoms with Crippen LogP contribution < -0.4 is 15.0 Å². The van der Waals surface area contributed by atoms with Crippen LogP contribution in [0.5, 0.6) is 5.75 Å². The second-order valence-electron chi connectivity index (χ2n) is 6.14. The molecule has 3 N–H and O–H groups in total. The molecular formula is C16H23ClN5O2S+. The maximum Gasteiger partial charge on any atom is 0.275 e. The molecule has 2 aromatic rings. The van der Waals surface area contributed by atoms with E-state index >= 15 is 0 Å². The predicted molar refractivity (Wildman–Crippen MR) is 99.4 cm³/mol. The van der Waals surface area contributed by atoms with Gasteiger partial charge in [0.1, 0.15) is 5.75 Å². The molecule has 2 rings (SSSR count). The maximum atomic E-state index is 11.9. The Kier molecular flexibility index (Phi) is 6.57. The standard InChI is InChI=1S/C16H22ClN5O2S/c1-10(2)18-14(23)8-21(3)9-22-16(25)19-15(20-22)12-7-11(17)5-6-13(12)24-4/h5-7,10H,8-9H2,1-4H3,(H,18,23)(H,19,20,25)/p+1. The summed E-state index contributed by atoms with van der Waals surface area (Å²) in [5.74, 6) is 1.22. The third kappa shape index (κ3) is 5.29. The number of carbonyl (C=O) groups excluding carboxylic acids is 1. The van der Waals surface area contributed by atoms with Gasteiger partial charge in [-0.05, 0) is 44.3 Å². The van der Waals surface area contributed by atoms with E-state index < -0.39 is 0 Å². The number of benzene rings is 1. The monoisotopic (exact) mass is 384 g/mol. The van der Waals surface area contributed by atoms with Crippen LogP contribution in [0.25, 0.3) is 11.4 Å². The molecule has 1 amide bonds. The van der Waals surface area contributed by atoms with Crippen LogP contribution in [0, 0.1) is 4.77 Å². The van der Waals surface area contributed by atoms with Crippen LogP contribution in [0.1, 0.15) is 13.8 Å². The van der Waals surface area contributed by atoms with Crippen molar-refractivity contribution in [2.24, 2.45) is 0 Å². The highest BCUT2D eigenvalue weighted by molar-refractivity contribution is 7.71. The molecule has 9 heteroatoms. The third-order valence-corrected chi connectivity index (χ3v) is 3.98. The second-order valence-corrected chi connectivity index (χ2v) is 6.94. The molecule has 1 aromatic carbocycles. The van der Waals surface area contributed by atoms with Gasteiger partial charge >= 0.3 is 0 Å². The normalized spacial score (nSPS) is 12.2. The molecule has 0 spiro atoms. The fourth-order valence-electron chi connectivity index (χ4n) is 2.42. The Balaban J connectivity index is 2.17. The summed E-state index contributed by atoms with van der Waals surface area (Å²) in [5.41, 5.74) is 0.732. The zero-order valence-corrected chi connectivity index (χ0v) is 16.3. The molecule has 1 aromatic heterocycles. The minimum atomic E-state index is -0.00438. The van der Waals surface area contributed by atoms with E-state index in [1.807, 2.05) is 20.9 Å². The average molecular weight is 385 g/mol. The Labute approximate surface area is 156 Å². The van der Waals surface area contributed by atoms with Crippen molar-refractivity contribution in [2.45, 2.75) is 26.6 Å². The largest absolute Gasteiger partial charge is 0.496 e. The van der Waals surface area contributed by atoms with Gasteiger partial charge in [-0.2, -0.15) is 4.98 Å². The van der Waals surface area contributed by atoms with Crippen molar-refractivity contribution in [2.75, 3.05) is 20.7 Å². The SMILES string of the molecule is COc1ccc(Cl)cc1-c1nc(=S)n(C[NH+](C)CC(=O)NC(C)C)[nH]1. The van der Waals surface area contributed by atoms with Crippen LogP contribution >= 0.6 is 23.8 Å². The predicted octanol–water partition coefficient (Wildman–Crippen LogP) is 1.27. The Morgan fingerprint density at radius 3 is 2.88 bits per heavy atom. The smallest absolute Gasteiger partial charge is 0.275 e. The summed E-state index contributed by atoms with van der Waals surface area (Å²) in [4.78, 5) is 17.2. The van der Waals surface area contributed by atoms with E-state index in [2.05, 4.69) is 15.4 Å². The topological polar surface area (TPSA) is 76.4 Å². The Bertz CT molecular complexity index is 802. The minimum Gasteiger partial charge on any atom is -0.496 e. The molecule has 1 unspecified atom stereocenters. The summed E-state index contributed by atoms with van der Waals surface area (Å²) < 4.78 is 7.48. The van der Waals surface area contributed by atoms with Crippen molar-refractivity contribution in [1.29, 1.82) is 0 Å². The number of nitrogens with one attached hydrogen (secondary N) is 3. The number of amides is 1. The number of rotatable bonds is 7. The lowest BCUT2D eigenvalue weighted by Crippen LogP contribution is -3.09. The lowest BCUT2D eigenvalue weighted by atomic mass is 10.2. The van der Waals surface area contributed by atoms with E-state index in [1.54, 1.807) is 30.0 Å². The van der Waals surface area contributed by atoms with Crippen molar-refractivity contribution in [3.63, 3.8) is 0 Å². The fourth-order valence-corrected chi connectivity index (χ4v) is 2.80. The van der Waals surface area contributed by atoms with Crippen LogP contribution in [0.15, 0.2) is 18.2 Å². The molecule has 0 aliphatic heterocycles. The van der Waals surface area contributed by atoms with Crippen molar-refractivity contribution in [3.05, 3.63) is 28.0 Å². The molecule has 7 nitrogen and oxygen atoms in total. The number of aromatic amines is 1. The van der Waals surface area contributed by atoms with Gasteiger partial charge in [0, 0.05) is 11.1 Å². The first kappa shape index (κ1) is 19.4. The average Bonchev–Trinajstić information content (AvgIpc) is 2.87. The van der Waals surface area contributed by atoms with E-state index in [4.69, 9.17) is 28.6 Å². The van der Waals surface area contributed by atoms with Gasteiger partial charge in [0.15, 0.2) is 19.0 Å².